The van der Waals surface area contributed by atoms with Crippen LogP contribution in [0.25, 0.3) is 16.9 Å². The second-order valence-corrected chi connectivity index (χ2v) is 7.28. The van der Waals surface area contributed by atoms with Crippen molar-refractivity contribution in [3.63, 3.8) is 0 Å². The fourth-order valence-corrected chi connectivity index (χ4v) is 3.73. The first-order valence-corrected chi connectivity index (χ1v) is 10.0. The lowest BCUT2D eigenvalue weighted by Crippen LogP contribution is -2.48. The van der Waals surface area contributed by atoms with E-state index < -0.39 is 0 Å². The smallest absolute Gasteiger partial charge is 0.266 e. The molecular formula is C21H22N8O. The average Bonchev–Trinajstić information content (AvgIpc) is 3.24. The van der Waals surface area contributed by atoms with Gasteiger partial charge in [0.05, 0.1) is 12.2 Å². The molecule has 0 atom stereocenters. The van der Waals surface area contributed by atoms with E-state index in [0.717, 1.165) is 55.6 Å². The molecular weight excluding hydrogens is 380 g/mol. The standard InChI is InChI=1S/C21H22N8O/c30-20-7-6-18(17-4-3-8-22-16-17)25-29(20)15-12-26-10-13-27(14-11-26)21-24-23-19-5-1-2-9-28(19)21/h1-9,16H,10-15H2. The van der Waals surface area contributed by atoms with Crippen molar-refractivity contribution in [3.8, 4) is 11.3 Å². The van der Waals surface area contributed by atoms with Gasteiger partial charge in [0, 0.05) is 62.9 Å². The third kappa shape index (κ3) is 3.67. The summed E-state index contributed by atoms with van der Waals surface area (Å²) in [6.07, 6.45) is 5.47. The highest BCUT2D eigenvalue weighted by Gasteiger charge is 2.20. The van der Waals surface area contributed by atoms with E-state index in [2.05, 4.69) is 30.1 Å². The predicted octanol–water partition coefficient (Wildman–Crippen LogP) is 1.17. The maximum atomic E-state index is 12.2. The number of hydrogen-bond acceptors (Lipinski definition) is 7. The lowest BCUT2D eigenvalue weighted by Gasteiger charge is -2.34. The minimum Gasteiger partial charge on any atom is -0.338 e. The maximum Gasteiger partial charge on any atom is 0.266 e. The summed E-state index contributed by atoms with van der Waals surface area (Å²) in [6.45, 7) is 4.87. The fourth-order valence-electron chi connectivity index (χ4n) is 3.73. The molecule has 1 aliphatic heterocycles. The van der Waals surface area contributed by atoms with Crippen molar-refractivity contribution in [3.05, 3.63) is 71.4 Å². The normalized spacial score (nSPS) is 15.0. The lowest BCUT2D eigenvalue weighted by atomic mass is 10.2. The number of hydrogen-bond donors (Lipinski definition) is 0. The zero-order valence-corrected chi connectivity index (χ0v) is 16.5. The molecule has 0 aromatic carbocycles. The average molecular weight is 402 g/mol. The van der Waals surface area contributed by atoms with Crippen LogP contribution in [0, 0.1) is 0 Å². The number of pyridine rings is 2. The monoisotopic (exact) mass is 402 g/mol. The van der Waals surface area contributed by atoms with Crippen molar-refractivity contribution in [2.24, 2.45) is 0 Å². The summed E-state index contributed by atoms with van der Waals surface area (Å²) in [7, 11) is 0. The van der Waals surface area contributed by atoms with E-state index in [4.69, 9.17) is 0 Å². The van der Waals surface area contributed by atoms with Gasteiger partial charge in [-0.15, -0.1) is 10.2 Å². The van der Waals surface area contributed by atoms with Crippen molar-refractivity contribution >= 4 is 11.6 Å². The summed E-state index contributed by atoms with van der Waals surface area (Å²) in [5.41, 5.74) is 2.43. The maximum absolute atomic E-state index is 12.2. The summed E-state index contributed by atoms with van der Waals surface area (Å²) in [5, 5.41) is 13.1. The van der Waals surface area contributed by atoms with Crippen LogP contribution in [0.15, 0.2) is 65.8 Å². The molecule has 0 N–H and O–H groups in total. The van der Waals surface area contributed by atoms with Crippen molar-refractivity contribution in [2.75, 3.05) is 37.6 Å². The number of fused-ring (bicyclic) bond motifs is 1. The Morgan fingerprint density at radius 1 is 0.900 bits per heavy atom. The largest absolute Gasteiger partial charge is 0.338 e. The van der Waals surface area contributed by atoms with Gasteiger partial charge < -0.3 is 4.90 Å². The van der Waals surface area contributed by atoms with Crippen LogP contribution in [0.3, 0.4) is 0 Å². The highest BCUT2D eigenvalue weighted by atomic mass is 16.1. The second-order valence-electron chi connectivity index (χ2n) is 7.28. The molecule has 9 nitrogen and oxygen atoms in total. The molecule has 5 rings (SSSR count). The molecule has 152 valence electrons. The number of rotatable bonds is 5. The molecule has 0 aliphatic carbocycles. The van der Waals surface area contributed by atoms with E-state index in [1.807, 2.05) is 40.9 Å². The molecule has 30 heavy (non-hydrogen) atoms. The van der Waals surface area contributed by atoms with E-state index >= 15 is 0 Å². The summed E-state index contributed by atoms with van der Waals surface area (Å²) in [4.78, 5) is 21.0. The van der Waals surface area contributed by atoms with Crippen LogP contribution in [0.2, 0.25) is 0 Å². The first-order valence-electron chi connectivity index (χ1n) is 10.0. The number of aromatic nitrogens is 6. The van der Waals surface area contributed by atoms with Gasteiger partial charge in [0.25, 0.3) is 5.56 Å². The topological polar surface area (TPSA) is 84.5 Å². The van der Waals surface area contributed by atoms with Crippen LogP contribution in [-0.4, -0.2) is 67.0 Å². The Morgan fingerprint density at radius 3 is 2.63 bits per heavy atom. The van der Waals surface area contributed by atoms with Gasteiger partial charge in [0.1, 0.15) is 0 Å². The first-order chi connectivity index (χ1) is 14.8. The SMILES string of the molecule is O=c1ccc(-c2cccnc2)nn1CCN1CCN(c2nnc3ccccn23)CC1. The Morgan fingerprint density at radius 2 is 1.80 bits per heavy atom. The van der Waals surface area contributed by atoms with Crippen molar-refractivity contribution in [2.45, 2.75) is 6.54 Å². The minimum atomic E-state index is -0.0868. The molecule has 0 amide bonds. The third-order valence-electron chi connectivity index (χ3n) is 5.40. The van der Waals surface area contributed by atoms with Gasteiger partial charge in [-0.3, -0.25) is 19.1 Å². The molecule has 4 aromatic heterocycles. The molecule has 0 unspecified atom stereocenters. The molecule has 9 heteroatoms. The van der Waals surface area contributed by atoms with Gasteiger partial charge in [-0.25, -0.2) is 4.68 Å². The molecule has 1 aliphatic rings. The summed E-state index contributed by atoms with van der Waals surface area (Å²) >= 11 is 0. The Bertz CT molecular complexity index is 1190. The van der Waals surface area contributed by atoms with Crippen molar-refractivity contribution in [1.82, 2.24) is 34.3 Å². The predicted molar refractivity (Wildman–Crippen MR) is 113 cm³/mol. The highest BCUT2D eigenvalue weighted by molar-refractivity contribution is 5.56. The highest BCUT2D eigenvalue weighted by Crippen LogP contribution is 2.16. The van der Waals surface area contributed by atoms with Crippen LogP contribution < -0.4 is 10.5 Å². The molecule has 0 saturated carbocycles. The Labute approximate surface area is 173 Å². The minimum absolute atomic E-state index is 0.0868. The van der Waals surface area contributed by atoms with Crippen LogP contribution in [0.4, 0.5) is 5.95 Å². The molecule has 4 aromatic rings. The summed E-state index contributed by atoms with van der Waals surface area (Å²) in [5.74, 6) is 0.882. The van der Waals surface area contributed by atoms with Gasteiger partial charge in [-0.2, -0.15) is 5.10 Å². The molecule has 0 spiro atoms. The molecule has 1 saturated heterocycles. The first kappa shape index (κ1) is 18.4. The summed E-state index contributed by atoms with van der Waals surface area (Å²) < 4.78 is 3.56. The van der Waals surface area contributed by atoms with Gasteiger partial charge in [-0.05, 0) is 30.3 Å². The van der Waals surface area contributed by atoms with Gasteiger partial charge in [-0.1, -0.05) is 6.07 Å². The number of piperazine rings is 1. The van der Waals surface area contributed by atoms with Crippen LogP contribution >= 0.6 is 0 Å². The summed E-state index contributed by atoms with van der Waals surface area (Å²) in [6, 6.07) is 13.0. The molecule has 0 radical (unpaired) electrons. The van der Waals surface area contributed by atoms with Crippen LogP contribution in [-0.2, 0) is 6.54 Å². The fraction of sp³-hybridized carbons (Fsp3) is 0.286. The number of nitrogens with zero attached hydrogens (tertiary/aromatic N) is 8. The molecule has 1 fully saturated rings. The van der Waals surface area contributed by atoms with E-state index in [1.54, 1.807) is 29.2 Å². The van der Waals surface area contributed by atoms with E-state index in [1.165, 1.54) is 0 Å². The third-order valence-corrected chi connectivity index (χ3v) is 5.40. The lowest BCUT2D eigenvalue weighted by molar-refractivity contribution is 0.241. The Kier molecular flexibility index (Phi) is 4.94. The van der Waals surface area contributed by atoms with Gasteiger partial charge in [0.15, 0.2) is 5.65 Å². The van der Waals surface area contributed by atoms with Crippen molar-refractivity contribution < 1.29 is 0 Å². The zero-order chi connectivity index (χ0) is 20.3. The van der Waals surface area contributed by atoms with Crippen molar-refractivity contribution in [1.29, 1.82) is 0 Å². The second kappa shape index (κ2) is 8.03. The quantitative estimate of drug-likeness (QED) is 0.495. The van der Waals surface area contributed by atoms with E-state index in [-0.39, 0.29) is 5.56 Å². The van der Waals surface area contributed by atoms with E-state index in [9.17, 15) is 4.79 Å². The molecule has 0 bridgehead atoms. The number of anilines is 1. The van der Waals surface area contributed by atoms with Crippen LogP contribution in [0.1, 0.15) is 0 Å². The zero-order valence-electron chi connectivity index (χ0n) is 16.5. The van der Waals surface area contributed by atoms with Gasteiger partial charge in [0.2, 0.25) is 5.95 Å². The van der Waals surface area contributed by atoms with Crippen LogP contribution in [0.5, 0.6) is 0 Å². The van der Waals surface area contributed by atoms with Gasteiger partial charge >= 0.3 is 0 Å². The Balaban J connectivity index is 1.22. The Hall–Kier alpha value is -3.59. The molecule has 5 heterocycles. The van der Waals surface area contributed by atoms with E-state index in [0.29, 0.717) is 6.54 Å².